The van der Waals surface area contributed by atoms with Crippen LogP contribution in [0.2, 0.25) is 0 Å². The van der Waals surface area contributed by atoms with Crippen LogP contribution >= 0.6 is 0 Å². The van der Waals surface area contributed by atoms with Crippen molar-refractivity contribution in [2.75, 3.05) is 5.32 Å². The molecule has 0 aliphatic heterocycles. The van der Waals surface area contributed by atoms with Gasteiger partial charge in [0, 0.05) is 23.8 Å². The van der Waals surface area contributed by atoms with Crippen LogP contribution < -0.4 is 16.6 Å². The first-order chi connectivity index (χ1) is 14.6. The number of hydrogen-bond donors (Lipinski definition) is 2. The summed E-state index contributed by atoms with van der Waals surface area (Å²) in [6.07, 6.45) is -3.29. The minimum atomic E-state index is -4.94. The van der Waals surface area contributed by atoms with E-state index < -0.39 is 34.7 Å². The summed E-state index contributed by atoms with van der Waals surface area (Å²) >= 11 is 0. The zero-order valence-electron chi connectivity index (χ0n) is 16.1. The van der Waals surface area contributed by atoms with Crippen LogP contribution in [0.25, 0.3) is 11.0 Å². The summed E-state index contributed by atoms with van der Waals surface area (Å²) < 4.78 is 53.7. The molecule has 2 N–H and O–H groups in total. The van der Waals surface area contributed by atoms with Crippen molar-refractivity contribution in [1.29, 1.82) is 0 Å². The molecular weight excluding hydrogens is 420 g/mol. The molecule has 11 heteroatoms. The SMILES string of the molecule is CCn1c(=O)[nH]c(=O)c2c(C(=O)Nc3ccc(F)c(C(F)(F)F)c3)cc(C3CC3)nc21. The van der Waals surface area contributed by atoms with E-state index in [0.29, 0.717) is 17.8 Å². The highest BCUT2D eigenvalue weighted by molar-refractivity contribution is 6.11. The van der Waals surface area contributed by atoms with Crippen molar-refractivity contribution in [2.24, 2.45) is 0 Å². The lowest BCUT2D eigenvalue weighted by atomic mass is 10.1. The van der Waals surface area contributed by atoms with E-state index in [2.05, 4.69) is 15.3 Å². The van der Waals surface area contributed by atoms with Crippen molar-refractivity contribution in [1.82, 2.24) is 14.5 Å². The number of amides is 1. The Bertz CT molecular complexity index is 1320. The molecule has 3 aromatic rings. The van der Waals surface area contributed by atoms with Crippen LogP contribution in [0, 0.1) is 5.82 Å². The second-order valence-corrected chi connectivity index (χ2v) is 7.22. The van der Waals surface area contributed by atoms with Crippen LogP contribution in [-0.4, -0.2) is 20.4 Å². The molecule has 1 aliphatic carbocycles. The summed E-state index contributed by atoms with van der Waals surface area (Å²) in [6, 6.07) is 3.47. The number of aryl methyl sites for hydroxylation is 1. The van der Waals surface area contributed by atoms with Crippen LogP contribution in [0.15, 0.2) is 33.9 Å². The van der Waals surface area contributed by atoms with Crippen molar-refractivity contribution in [3.05, 3.63) is 67.7 Å². The number of anilines is 1. The molecule has 4 rings (SSSR count). The molecule has 0 saturated heterocycles. The van der Waals surface area contributed by atoms with E-state index in [1.54, 1.807) is 6.92 Å². The van der Waals surface area contributed by atoms with E-state index in [4.69, 9.17) is 0 Å². The normalized spacial score (nSPS) is 14.1. The van der Waals surface area contributed by atoms with Crippen molar-refractivity contribution in [3.8, 4) is 0 Å². The maximum atomic E-state index is 13.5. The number of halogens is 4. The van der Waals surface area contributed by atoms with Crippen LogP contribution in [-0.2, 0) is 12.7 Å². The number of rotatable bonds is 4. The van der Waals surface area contributed by atoms with Crippen LogP contribution in [0.3, 0.4) is 0 Å². The molecule has 2 heterocycles. The molecule has 31 heavy (non-hydrogen) atoms. The predicted molar refractivity (Wildman–Crippen MR) is 104 cm³/mol. The number of H-pyrrole nitrogens is 1. The summed E-state index contributed by atoms with van der Waals surface area (Å²) in [7, 11) is 0. The van der Waals surface area contributed by atoms with Crippen molar-refractivity contribution < 1.29 is 22.4 Å². The van der Waals surface area contributed by atoms with Crippen LogP contribution in [0.5, 0.6) is 0 Å². The number of nitrogens with zero attached hydrogens (tertiary/aromatic N) is 2. The lowest BCUT2D eigenvalue weighted by Gasteiger charge is -2.14. The molecule has 1 aliphatic rings. The summed E-state index contributed by atoms with van der Waals surface area (Å²) in [5.74, 6) is -2.28. The van der Waals surface area contributed by atoms with Gasteiger partial charge in [-0.15, -0.1) is 0 Å². The third-order valence-electron chi connectivity index (χ3n) is 5.05. The standard InChI is InChI=1S/C20H16F4N4O3/c1-2-28-16-15(18(30)27-19(28)31)11(8-14(26-16)9-3-4-9)17(29)25-10-5-6-13(21)12(7-10)20(22,23)24/h5-9H,2-4H2,1H3,(H,25,29)(H,27,30,31). The average Bonchev–Trinajstić information content (AvgIpc) is 3.53. The van der Waals surface area contributed by atoms with Crippen molar-refractivity contribution in [2.45, 2.75) is 38.4 Å². The van der Waals surface area contributed by atoms with Gasteiger partial charge in [0.25, 0.3) is 11.5 Å². The minimum absolute atomic E-state index is 0.0286. The first-order valence-electron chi connectivity index (χ1n) is 9.46. The molecule has 1 amide bonds. The average molecular weight is 436 g/mol. The van der Waals surface area contributed by atoms with Crippen molar-refractivity contribution >= 4 is 22.6 Å². The number of aromatic amines is 1. The van der Waals surface area contributed by atoms with Gasteiger partial charge in [0.15, 0.2) is 5.65 Å². The van der Waals surface area contributed by atoms with Gasteiger partial charge in [0.05, 0.1) is 16.5 Å². The zero-order chi connectivity index (χ0) is 22.5. The number of carbonyl (C=O) groups is 1. The first kappa shape index (κ1) is 20.8. The molecule has 2 aromatic heterocycles. The van der Waals surface area contributed by atoms with Gasteiger partial charge in [-0.3, -0.25) is 19.1 Å². The van der Waals surface area contributed by atoms with E-state index in [1.807, 2.05) is 0 Å². The third kappa shape index (κ3) is 3.82. The second kappa shape index (κ2) is 7.33. The molecule has 7 nitrogen and oxygen atoms in total. The van der Waals surface area contributed by atoms with E-state index in [1.165, 1.54) is 10.6 Å². The van der Waals surface area contributed by atoms with Gasteiger partial charge >= 0.3 is 11.9 Å². The Balaban J connectivity index is 1.85. The van der Waals surface area contributed by atoms with Gasteiger partial charge in [-0.25, -0.2) is 14.2 Å². The van der Waals surface area contributed by atoms with Gasteiger partial charge in [-0.05, 0) is 44.0 Å². The summed E-state index contributed by atoms with van der Waals surface area (Å²) in [5.41, 5.74) is -2.92. The smallest absolute Gasteiger partial charge is 0.322 e. The van der Waals surface area contributed by atoms with Crippen LogP contribution in [0.4, 0.5) is 23.2 Å². The lowest BCUT2D eigenvalue weighted by molar-refractivity contribution is -0.139. The molecule has 162 valence electrons. The fourth-order valence-electron chi connectivity index (χ4n) is 3.37. The number of nitrogens with one attached hydrogen (secondary N) is 2. The molecule has 0 atom stereocenters. The molecule has 0 unspecified atom stereocenters. The Kier molecular flexibility index (Phi) is 4.91. The Morgan fingerprint density at radius 3 is 2.58 bits per heavy atom. The molecule has 0 bridgehead atoms. The number of carbonyl (C=O) groups excluding carboxylic acids is 1. The van der Waals surface area contributed by atoms with Gasteiger partial charge in [0.1, 0.15) is 5.82 Å². The number of aromatic nitrogens is 3. The van der Waals surface area contributed by atoms with Gasteiger partial charge in [0.2, 0.25) is 0 Å². The Labute approximate surface area is 171 Å². The molecule has 0 spiro atoms. The van der Waals surface area contributed by atoms with E-state index in [0.717, 1.165) is 18.9 Å². The molecule has 1 saturated carbocycles. The fraction of sp³-hybridized carbons (Fsp3) is 0.300. The van der Waals surface area contributed by atoms with E-state index >= 15 is 0 Å². The second-order valence-electron chi connectivity index (χ2n) is 7.22. The molecule has 1 aromatic carbocycles. The first-order valence-corrected chi connectivity index (χ1v) is 9.46. The highest BCUT2D eigenvalue weighted by Crippen LogP contribution is 2.40. The van der Waals surface area contributed by atoms with Gasteiger partial charge < -0.3 is 5.32 Å². The quantitative estimate of drug-likeness (QED) is 0.613. The monoisotopic (exact) mass is 436 g/mol. The highest BCUT2D eigenvalue weighted by atomic mass is 19.4. The number of alkyl halides is 3. The number of fused-ring (bicyclic) bond motifs is 1. The Morgan fingerprint density at radius 2 is 1.97 bits per heavy atom. The summed E-state index contributed by atoms with van der Waals surface area (Å²) in [4.78, 5) is 44.1. The minimum Gasteiger partial charge on any atom is -0.322 e. The van der Waals surface area contributed by atoms with Crippen molar-refractivity contribution in [3.63, 3.8) is 0 Å². The summed E-state index contributed by atoms with van der Waals surface area (Å²) in [5, 5.41) is 2.13. The fourth-order valence-corrected chi connectivity index (χ4v) is 3.37. The van der Waals surface area contributed by atoms with Crippen LogP contribution in [0.1, 0.15) is 47.3 Å². The van der Waals surface area contributed by atoms with Gasteiger partial charge in [-0.1, -0.05) is 0 Å². The molecule has 0 radical (unpaired) electrons. The third-order valence-corrected chi connectivity index (χ3v) is 5.05. The number of hydrogen-bond acceptors (Lipinski definition) is 4. The Morgan fingerprint density at radius 1 is 1.26 bits per heavy atom. The molecule has 1 fully saturated rings. The van der Waals surface area contributed by atoms with E-state index in [9.17, 15) is 31.9 Å². The van der Waals surface area contributed by atoms with Gasteiger partial charge in [-0.2, -0.15) is 13.2 Å². The lowest BCUT2D eigenvalue weighted by Crippen LogP contribution is -2.32. The van der Waals surface area contributed by atoms with E-state index in [-0.39, 0.29) is 34.7 Å². The Hall–Kier alpha value is -3.50. The topological polar surface area (TPSA) is 96.9 Å². The maximum Gasteiger partial charge on any atom is 0.419 e. The predicted octanol–water partition coefficient (Wildman–Crippen LogP) is 3.39. The maximum absolute atomic E-state index is 13.5. The zero-order valence-corrected chi connectivity index (χ0v) is 16.1. The largest absolute Gasteiger partial charge is 0.419 e. The number of benzene rings is 1. The number of pyridine rings is 1. The highest BCUT2D eigenvalue weighted by Gasteiger charge is 2.34. The molecular formula is C20H16F4N4O3. The summed E-state index contributed by atoms with van der Waals surface area (Å²) in [6.45, 7) is 1.85.